The number of rotatable bonds is 6. The van der Waals surface area contributed by atoms with Crippen LogP contribution in [0.3, 0.4) is 0 Å². The van der Waals surface area contributed by atoms with Crippen LogP contribution in [0.15, 0.2) is 0 Å². The molecular weight excluding hydrogens is 239 g/mol. The first-order valence-corrected chi connectivity index (χ1v) is 5.35. The summed E-state index contributed by atoms with van der Waals surface area (Å²) in [6.45, 7) is -0.599. The number of esters is 1. The van der Waals surface area contributed by atoms with Crippen molar-refractivity contribution in [1.29, 1.82) is 0 Å². The molecule has 0 spiro atoms. The number of hydrogen-bond acceptors (Lipinski definition) is 4. The van der Waals surface area contributed by atoms with E-state index in [2.05, 4.69) is 9.47 Å². The van der Waals surface area contributed by atoms with Crippen LogP contribution in [0.2, 0.25) is 0 Å². The highest BCUT2D eigenvalue weighted by atomic mass is 19.4. The summed E-state index contributed by atoms with van der Waals surface area (Å²) < 4.78 is 43.9. The largest absolute Gasteiger partial charge is 0.522 e. The fourth-order valence-corrected chi connectivity index (χ4v) is 2.01. The summed E-state index contributed by atoms with van der Waals surface area (Å²) in [5.74, 6) is -0.537. The molecule has 0 aromatic rings. The summed E-state index contributed by atoms with van der Waals surface area (Å²) in [6.07, 6.45) is -3.17. The van der Waals surface area contributed by atoms with Gasteiger partial charge in [0.05, 0.1) is 19.1 Å². The molecule has 0 heterocycles. The molecule has 0 aromatic carbocycles. The number of carbonyl (C=O) groups excluding carboxylic acids is 1. The molecule has 17 heavy (non-hydrogen) atoms. The zero-order valence-corrected chi connectivity index (χ0v) is 9.55. The van der Waals surface area contributed by atoms with E-state index in [9.17, 15) is 18.0 Å². The van der Waals surface area contributed by atoms with Crippen LogP contribution in [0, 0.1) is 11.3 Å². The van der Waals surface area contributed by atoms with Gasteiger partial charge >= 0.3 is 12.3 Å². The molecule has 1 saturated carbocycles. The molecule has 7 heteroatoms. The fraction of sp³-hybridized carbons (Fsp3) is 0.900. The molecule has 1 aliphatic carbocycles. The summed E-state index contributed by atoms with van der Waals surface area (Å²) in [5, 5.41) is 0. The average molecular weight is 255 g/mol. The minimum Gasteiger partial charge on any atom is -0.469 e. The fourth-order valence-electron chi connectivity index (χ4n) is 2.01. The number of alkyl halides is 3. The van der Waals surface area contributed by atoms with E-state index < -0.39 is 24.4 Å². The molecular formula is C10H16F3NO3. The Morgan fingerprint density at radius 1 is 1.41 bits per heavy atom. The summed E-state index contributed by atoms with van der Waals surface area (Å²) in [4.78, 5) is 11.7. The number of ether oxygens (including phenoxy) is 2. The van der Waals surface area contributed by atoms with Crippen molar-refractivity contribution in [2.24, 2.45) is 17.1 Å². The van der Waals surface area contributed by atoms with Crippen LogP contribution < -0.4 is 5.73 Å². The van der Waals surface area contributed by atoms with Gasteiger partial charge in [-0.3, -0.25) is 9.53 Å². The molecule has 1 unspecified atom stereocenters. The lowest BCUT2D eigenvalue weighted by Gasteiger charge is -2.29. The van der Waals surface area contributed by atoms with Crippen LogP contribution in [0.1, 0.15) is 19.3 Å². The van der Waals surface area contributed by atoms with Gasteiger partial charge < -0.3 is 10.5 Å². The van der Waals surface area contributed by atoms with Gasteiger partial charge in [0.1, 0.15) is 0 Å². The Morgan fingerprint density at radius 3 is 2.35 bits per heavy atom. The third kappa shape index (κ3) is 3.57. The molecule has 1 rings (SSSR count). The van der Waals surface area contributed by atoms with E-state index in [4.69, 9.17) is 5.73 Å². The lowest BCUT2D eigenvalue weighted by molar-refractivity contribution is -0.326. The number of methoxy groups -OCH3 is 1. The standard InChI is InChI=1S/C10H16F3NO3/c1-16-8(15)9(6-14,7-2-3-7)4-5-17-10(11,12)13/h7H,2-6,14H2,1H3. The summed E-state index contributed by atoms with van der Waals surface area (Å²) in [6, 6.07) is 0. The Bertz CT molecular complexity index is 278. The van der Waals surface area contributed by atoms with Crippen molar-refractivity contribution in [3.63, 3.8) is 0 Å². The van der Waals surface area contributed by atoms with E-state index in [1.54, 1.807) is 0 Å². The maximum atomic E-state index is 11.9. The third-order valence-electron chi connectivity index (χ3n) is 3.13. The summed E-state index contributed by atoms with van der Waals surface area (Å²) in [5.41, 5.74) is 4.51. The average Bonchev–Trinajstić information content (AvgIpc) is 3.06. The summed E-state index contributed by atoms with van der Waals surface area (Å²) in [7, 11) is 1.21. The quantitative estimate of drug-likeness (QED) is 0.729. The Hall–Kier alpha value is -0.820. The number of nitrogens with two attached hydrogens (primary N) is 1. The molecule has 1 atom stereocenters. The molecule has 2 N–H and O–H groups in total. The van der Waals surface area contributed by atoms with E-state index in [0.29, 0.717) is 0 Å². The summed E-state index contributed by atoms with van der Waals surface area (Å²) >= 11 is 0. The molecule has 1 aliphatic rings. The lowest BCUT2D eigenvalue weighted by atomic mass is 9.79. The zero-order valence-electron chi connectivity index (χ0n) is 9.55. The SMILES string of the molecule is COC(=O)C(CN)(CCOC(F)(F)F)C1CC1. The third-order valence-corrected chi connectivity index (χ3v) is 3.13. The highest BCUT2D eigenvalue weighted by Crippen LogP contribution is 2.48. The Labute approximate surface area is 97.2 Å². The van der Waals surface area contributed by atoms with Gasteiger partial charge in [-0.25, -0.2) is 0 Å². The van der Waals surface area contributed by atoms with E-state index in [-0.39, 0.29) is 18.9 Å². The molecule has 0 saturated heterocycles. The van der Waals surface area contributed by atoms with Gasteiger partial charge in [-0.1, -0.05) is 0 Å². The van der Waals surface area contributed by atoms with Crippen LogP contribution in [0.25, 0.3) is 0 Å². The van der Waals surface area contributed by atoms with Crippen LogP contribution in [-0.4, -0.2) is 32.6 Å². The number of carbonyl (C=O) groups is 1. The second-order valence-electron chi connectivity index (χ2n) is 4.17. The van der Waals surface area contributed by atoms with E-state index in [1.807, 2.05) is 0 Å². The zero-order chi connectivity index (χ0) is 13.1. The van der Waals surface area contributed by atoms with Crippen molar-refractivity contribution in [2.45, 2.75) is 25.6 Å². The minimum absolute atomic E-state index is 0.0109. The van der Waals surface area contributed by atoms with Crippen molar-refractivity contribution >= 4 is 5.97 Å². The first kappa shape index (κ1) is 14.2. The Kier molecular flexibility index (Phi) is 4.37. The first-order chi connectivity index (χ1) is 7.85. The van der Waals surface area contributed by atoms with Crippen molar-refractivity contribution in [3.8, 4) is 0 Å². The molecule has 4 nitrogen and oxygen atoms in total. The van der Waals surface area contributed by atoms with Gasteiger partial charge in [0.2, 0.25) is 0 Å². The maximum Gasteiger partial charge on any atom is 0.522 e. The van der Waals surface area contributed by atoms with Crippen molar-refractivity contribution in [3.05, 3.63) is 0 Å². The van der Waals surface area contributed by atoms with Crippen LogP contribution in [0.4, 0.5) is 13.2 Å². The van der Waals surface area contributed by atoms with Crippen molar-refractivity contribution in [1.82, 2.24) is 0 Å². The van der Waals surface area contributed by atoms with Gasteiger partial charge in [0, 0.05) is 6.54 Å². The van der Waals surface area contributed by atoms with E-state index in [1.165, 1.54) is 7.11 Å². The number of hydrogen-bond donors (Lipinski definition) is 1. The van der Waals surface area contributed by atoms with Crippen molar-refractivity contribution in [2.75, 3.05) is 20.3 Å². The molecule has 0 aliphatic heterocycles. The molecule has 0 amide bonds. The Morgan fingerprint density at radius 2 is 2.00 bits per heavy atom. The predicted octanol–water partition coefficient (Wildman–Crippen LogP) is 1.44. The van der Waals surface area contributed by atoms with Gasteiger partial charge in [-0.05, 0) is 25.2 Å². The minimum atomic E-state index is -4.68. The van der Waals surface area contributed by atoms with Crippen molar-refractivity contribution < 1.29 is 27.4 Å². The Balaban J connectivity index is 2.61. The normalized spacial score (nSPS) is 19.8. The highest BCUT2D eigenvalue weighted by Gasteiger charge is 2.51. The maximum absolute atomic E-state index is 11.9. The van der Waals surface area contributed by atoms with Gasteiger partial charge in [-0.2, -0.15) is 0 Å². The van der Waals surface area contributed by atoms with E-state index in [0.717, 1.165) is 12.8 Å². The molecule has 1 fully saturated rings. The molecule has 0 aromatic heterocycles. The predicted molar refractivity (Wildman–Crippen MR) is 52.9 cm³/mol. The smallest absolute Gasteiger partial charge is 0.469 e. The second kappa shape index (κ2) is 5.22. The van der Waals surface area contributed by atoms with Gasteiger partial charge in [0.25, 0.3) is 0 Å². The highest BCUT2D eigenvalue weighted by molar-refractivity contribution is 5.78. The first-order valence-electron chi connectivity index (χ1n) is 5.35. The molecule has 0 radical (unpaired) electrons. The lowest BCUT2D eigenvalue weighted by Crippen LogP contribution is -2.43. The van der Waals surface area contributed by atoms with E-state index >= 15 is 0 Å². The second-order valence-corrected chi connectivity index (χ2v) is 4.17. The van der Waals surface area contributed by atoms with Crippen LogP contribution >= 0.6 is 0 Å². The van der Waals surface area contributed by atoms with Gasteiger partial charge in [0.15, 0.2) is 0 Å². The topological polar surface area (TPSA) is 61.5 Å². The molecule has 0 bridgehead atoms. The van der Waals surface area contributed by atoms with Crippen LogP contribution in [-0.2, 0) is 14.3 Å². The number of halogens is 3. The van der Waals surface area contributed by atoms with Crippen LogP contribution in [0.5, 0.6) is 0 Å². The monoisotopic (exact) mass is 255 g/mol. The molecule has 100 valence electrons. The van der Waals surface area contributed by atoms with Gasteiger partial charge in [-0.15, -0.1) is 13.2 Å².